The van der Waals surface area contributed by atoms with Crippen molar-refractivity contribution in [1.82, 2.24) is 4.90 Å². The Kier molecular flexibility index (Phi) is 2.35. The summed E-state index contributed by atoms with van der Waals surface area (Å²) in [5, 5.41) is 0. The predicted octanol–water partition coefficient (Wildman–Crippen LogP) is 2.22. The van der Waals surface area contributed by atoms with Crippen LogP contribution in [0.25, 0.3) is 0 Å². The second kappa shape index (κ2) is 3.33. The third-order valence-corrected chi connectivity index (χ3v) is 3.49. The number of nitrogens with zero attached hydrogens (tertiary/aromatic N) is 1. The Morgan fingerprint density at radius 1 is 1.25 bits per heavy atom. The van der Waals surface area contributed by atoms with Crippen LogP contribution >= 0.6 is 0 Å². The topological polar surface area (TPSA) is 3.24 Å². The molecule has 1 heterocycles. The fourth-order valence-corrected chi connectivity index (χ4v) is 2.13. The lowest BCUT2D eigenvalue weighted by molar-refractivity contribution is 0.0349. The number of alkyl halides is 1. The number of likely N-dealkylation sites (tertiary alicyclic amines) is 1. The van der Waals surface area contributed by atoms with E-state index < -0.39 is 6.17 Å². The van der Waals surface area contributed by atoms with Gasteiger partial charge in [0.25, 0.3) is 0 Å². The maximum atomic E-state index is 13.3. The van der Waals surface area contributed by atoms with E-state index in [1.54, 1.807) is 0 Å². The maximum absolute atomic E-state index is 13.3. The molecule has 2 aliphatic rings. The van der Waals surface area contributed by atoms with Crippen LogP contribution < -0.4 is 0 Å². The molecule has 0 aromatic heterocycles. The van der Waals surface area contributed by atoms with Crippen molar-refractivity contribution >= 4 is 0 Å². The lowest BCUT2D eigenvalue weighted by Crippen LogP contribution is -2.48. The van der Waals surface area contributed by atoms with Gasteiger partial charge in [0.15, 0.2) is 0 Å². The van der Waals surface area contributed by atoms with E-state index in [0.717, 1.165) is 19.0 Å². The average molecular weight is 171 g/mol. The van der Waals surface area contributed by atoms with E-state index in [2.05, 4.69) is 4.90 Å². The summed E-state index contributed by atoms with van der Waals surface area (Å²) in [6.45, 7) is 3.86. The van der Waals surface area contributed by atoms with Gasteiger partial charge in [-0.25, -0.2) is 4.39 Å². The minimum atomic E-state index is -0.570. The van der Waals surface area contributed by atoms with Crippen LogP contribution in [0.3, 0.4) is 0 Å². The van der Waals surface area contributed by atoms with Crippen LogP contribution in [0.1, 0.15) is 32.6 Å². The lowest BCUT2D eigenvalue weighted by Gasteiger charge is -2.42. The Bertz CT molecular complexity index is 156. The molecule has 1 saturated carbocycles. The van der Waals surface area contributed by atoms with Gasteiger partial charge in [0.05, 0.1) is 0 Å². The molecule has 1 saturated heterocycles. The first kappa shape index (κ1) is 8.49. The van der Waals surface area contributed by atoms with Crippen LogP contribution in [0.4, 0.5) is 4.39 Å². The van der Waals surface area contributed by atoms with Gasteiger partial charge in [-0.05, 0) is 31.7 Å². The van der Waals surface area contributed by atoms with Gasteiger partial charge in [-0.2, -0.15) is 0 Å². The second-order valence-corrected chi connectivity index (χ2v) is 4.36. The van der Waals surface area contributed by atoms with Crippen molar-refractivity contribution in [2.75, 3.05) is 13.1 Å². The molecule has 1 nitrogen and oxygen atoms in total. The van der Waals surface area contributed by atoms with Gasteiger partial charge in [0.1, 0.15) is 6.17 Å². The van der Waals surface area contributed by atoms with Crippen molar-refractivity contribution in [1.29, 1.82) is 0 Å². The van der Waals surface area contributed by atoms with Gasteiger partial charge in [-0.3, -0.25) is 4.90 Å². The molecule has 2 fully saturated rings. The Morgan fingerprint density at radius 3 is 2.50 bits per heavy atom. The van der Waals surface area contributed by atoms with E-state index in [1.807, 2.05) is 6.92 Å². The molecule has 0 aromatic rings. The van der Waals surface area contributed by atoms with Crippen LogP contribution in [-0.2, 0) is 0 Å². The number of hydrogen-bond acceptors (Lipinski definition) is 1. The number of rotatable bonds is 1. The van der Waals surface area contributed by atoms with Crippen LogP contribution in [0.15, 0.2) is 0 Å². The zero-order chi connectivity index (χ0) is 8.55. The number of hydrogen-bond donors (Lipinski definition) is 0. The van der Waals surface area contributed by atoms with Crippen molar-refractivity contribution in [3.63, 3.8) is 0 Å². The summed E-state index contributed by atoms with van der Waals surface area (Å²) < 4.78 is 13.3. The van der Waals surface area contributed by atoms with Gasteiger partial charge in [-0.1, -0.05) is 13.3 Å². The van der Waals surface area contributed by atoms with Gasteiger partial charge >= 0.3 is 0 Å². The summed E-state index contributed by atoms with van der Waals surface area (Å²) in [5.41, 5.74) is 0. The molecular formula is C10H18FN. The Labute approximate surface area is 73.9 Å². The molecule has 1 aliphatic carbocycles. The fraction of sp³-hybridized carbons (Fsp3) is 1.00. The van der Waals surface area contributed by atoms with E-state index in [-0.39, 0.29) is 0 Å². The van der Waals surface area contributed by atoms with Crippen molar-refractivity contribution < 1.29 is 4.39 Å². The molecule has 0 spiro atoms. The molecule has 12 heavy (non-hydrogen) atoms. The van der Waals surface area contributed by atoms with Crippen molar-refractivity contribution in [2.24, 2.45) is 5.92 Å². The molecule has 0 amide bonds. The van der Waals surface area contributed by atoms with Gasteiger partial charge in [0.2, 0.25) is 0 Å². The standard InChI is InChI=1S/C10H18FN/c1-8-5-6-12(7-10(8)11)9-3-2-4-9/h8-10H,2-7H2,1H3/t8?,10-/m0/s1. The molecule has 1 unspecified atom stereocenters. The molecule has 70 valence electrons. The van der Waals surface area contributed by atoms with Gasteiger partial charge in [0, 0.05) is 12.6 Å². The maximum Gasteiger partial charge on any atom is 0.115 e. The first-order valence-corrected chi connectivity index (χ1v) is 5.15. The summed E-state index contributed by atoms with van der Waals surface area (Å²) in [6, 6.07) is 0.732. The fourth-order valence-electron chi connectivity index (χ4n) is 2.13. The van der Waals surface area contributed by atoms with Crippen LogP contribution in [0, 0.1) is 5.92 Å². The van der Waals surface area contributed by atoms with Crippen molar-refractivity contribution in [3.8, 4) is 0 Å². The molecule has 2 rings (SSSR count). The monoisotopic (exact) mass is 171 g/mol. The molecular weight excluding hydrogens is 153 g/mol. The minimum Gasteiger partial charge on any atom is -0.297 e. The molecule has 1 aliphatic heterocycles. The predicted molar refractivity (Wildman–Crippen MR) is 47.9 cm³/mol. The van der Waals surface area contributed by atoms with Crippen molar-refractivity contribution in [2.45, 2.75) is 44.8 Å². The van der Waals surface area contributed by atoms with Crippen LogP contribution in [-0.4, -0.2) is 30.2 Å². The quantitative estimate of drug-likeness (QED) is 0.584. The first-order chi connectivity index (χ1) is 5.77. The van der Waals surface area contributed by atoms with E-state index in [0.29, 0.717) is 12.5 Å². The normalized spacial score (nSPS) is 39.5. The van der Waals surface area contributed by atoms with Crippen molar-refractivity contribution in [3.05, 3.63) is 0 Å². The second-order valence-electron chi connectivity index (χ2n) is 4.36. The zero-order valence-corrected chi connectivity index (χ0v) is 7.80. The highest BCUT2D eigenvalue weighted by molar-refractivity contribution is 4.86. The summed E-state index contributed by atoms with van der Waals surface area (Å²) >= 11 is 0. The minimum absolute atomic E-state index is 0.293. The third-order valence-electron chi connectivity index (χ3n) is 3.49. The molecule has 0 bridgehead atoms. The summed E-state index contributed by atoms with van der Waals surface area (Å²) in [7, 11) is 0. The Hall–Kier alpha value is -0.110. The molecule has 0 radical (unpaired) electrons. The summed E-state index contributed by atoms with van der Waals surface area (Å²) in [6.07, 6.45) is 4.45. The Balaban J connectivity index is 1.84. The highest BCUT2D eigenvalue weighted by Crippen LogP contribution is 2.29. The van der Waals surface area contributed by atoms with Crippen LogP contribution in [0.2, 0.25) is 0 Å². The highest BCUT2D eigenvalue weighted by atomic mass is 19.1. The van der Waals surface area contributed by atoms with Gasteiger partial charge < -0.3 is 0 Å². The van der Waals surface area contributed by atoms with Gasteiger partial charge in [-0.15, -0.1) is 0 Å². The largest absolute Gasteiger partial charge is 0.297 e. The SMILES string of the molecule is CC1CCN(C2CCC2)C[C@@H]1F. The molecule has 0 aromatic carbocycles. The molecule has 2 atom stereocenters. The summed E-state index contributed by atoms with van der Waals surface area (Å²) in [5.74, 6) is 0.293. The van der Waals surface area contributed by atoms with E-state index in [1.165, 1.54) is 19.3 Å². The number of piperidine rings is 1. The average Bonchev–Trinajstić information content (AvgIpc) is 1.93. The highest BCUT2D eigenvalue weighted by Gasteiger charge is 2.32. The Morgan fingerprint density at radius 2 is 2.00 bits per heavy atom. The molecule has 0 N–H and O–H groups in total. The van der Waals surface area contributed by atoms with E-state index >= 15 is 0 Å². The molecule has 2 heteroatoms. The summed E-state index contributed by atoms with van der Waals surface area (Å²) in [4.78, 5) is 2.36. The smallest absolute Gasteiger partial charge is 0.115 e. The van der Waals surface area contributed by atoms with E-state index in [4.69, 9.17) is 0 Å². The lowest BCUT2D eigenvalue weighted by atomic mass is 9.88. The number of halogens is 1. The zero-order valence-electron chi connectivity index (χ0n) is 7.80. The first-order valence-electron chi connectivity index (χ1n) is 5.15. The third kappa shape index (κ3) is 1.49. The van der Waals surface area contributed by atoms with E-state index in [9.17, 15) is 4.39 Å². The van der Waals surface area contributed by atoms with Crippen LogP contribution in [0.5, 0.6) is 0 Å².